The Morgan fingerprint density at radius 3 is 2.53 bits per heavy atom. The number of halogens is 3. The van der Waals surface area contributed by atoms with Gasteiger partial charge in [0.1, 0.15) is 0 Å². The molecule has 1 aliphatic heterocycles. The fraction of sp³-hybridized carbons (Fsp3) is 0.571. The molecule has 2 rings (SSSR count). The third-order valence-corrected chi connectivity index (χ3v) is 4.22. The highest BCUT2D eigenvalue weighted by Gasteiger charge is 2.25. The number of hydrogen-bond donors (Lipinski definition) is 1. The Kier molecular flexibility index (Phi) is 4.93. The fourth-order valence-corrected chi connectivity index (χ4v) is 3.21. The Hall–Kier alpha value is -0.510. The lowest BCUT2D eigenvalue weighted by atomic mass is 9.97. The van der Waals surface area contributed by atoms with E-state index in [4.69, 9.17) is 23.2 Å². The number of piperidine rings is 1. The second-order valence-corrected chi connectivity index (χ2v) is 5.86. The molecular weight excluding hydrogens is 286 g/mol. The van der Waals surface area contributed by atoms with Gasteiger partial charge >= 0.3 is 0 Å². The molecule has 19 heavy (non-hydrogen) atoms. The third-order valence-electron chi connectivity index (χ3n) is 3.67. The number of nitrogens with zero attached hydrogens (tertiary/aromatic N) is 1. The SMILES string of the molecule is CCNC1CCN(c2cc(Cl)c(F)c(Cl)c2)C(C)C1. The molecule has 0 saturated carbocycles. The minimum Gasteiger partial charge on any atom is -0.369 e. The van der Waals surface area contributed by atoms with Gasteiger partial charge in [0, 0.05) is 24.3 Å². The summed E-state index contributed by atoms with van der Waals surface area (Å²) in [5.74, 6) is -0.540. The summed E-state index contributed by atoms with van der Waals surface area (Å²) in [6.45, 7) is 6.22. The second-order valence-electron chi connectivity index (χ2n) is 5.04. The first-order valence-electron chi connectivity index (χ1n) is 6.67. The lowest BCUT2D eigenvalue weighted by Crippen LogP contribution is -2.47. The van der Waals surface area contributed by atoms with Crippen molar-refractivity contribution in [3.63, 3.8) is 0 Å². The van der Waals surface area contributed by atoms with Gasteiger partial charge < -0.3 is 10.2 Å². The Bertz CT molecular complexity index is 430. The van der Waals surface area contributed by atoms with Gasteiger partial charge in [-0.3, -0.25) is 0 Å². The van der Waals surface area contributed by atoms with Crippen LogP contribution in [-0.4, -0.2) is 25.2 Å². The van der Waals surface area contributed by atoms with Crippen molar-refractivity contribution in [2.45, 2.75) is 38.8 Å². The van der Waals surface area contributed by atoms with Crippen molar-refractivity contribution in [3.8, 4) is 0 Å². The molecular formula is C14H19Cl2FN2. The van der Waals surface area contributed by atoms with Crippen LogP contribution in [0.3, 0.4) is 0 Å². The Morgan fingerprint density at radius 2 is 2.00 bits per heavy atom. The molecule has 0 spiro atoms. The van der Waals surface area contributed by atoms with Crippen LogP contribution in [0.1, 0.15) is 26.7 Å². The molecule has 0 aliphatic carbocycles. The average Bonchev–Trinajstić information content (AvgIpc) is 2.36. The highest BCUT2D eigenvalue weighted by molar-refractivity contribution is 6.35. The van der Waals surface area contributed by atoms with E-state index in [1.807, 2.05) is 0 Å². The number of rotatable bonds is 3. The van der Waals surface area contributed by atoms with Crippen molar-refractivity contribution in [1.82, 2.24) is 5.32 Å². The zero-order valence-electron chi connectivity index (χ0n) is 11.2. The van der Waals surface area contributed by atoms with Crippen molar-refractivity contribution < 1.29 is 4.39 Å². The van der Waals surface area contributed by atoms with Crippen molar-refractivity contribution in [3.05, 3.63) is 28.0 Å². The zero-order valence-corrected chi connectivity index (χ0v) is 12.7. The van der Waals surface area contributed by atoms with Crippen molar-refractivity contribution in [2.24, 2.45) is 0 Å². The molecule has 0 aromatic heterocycles. The Labute approximate surface area is 123 Å². The number of nitrogens with one attached hydrogen (secondary N) is 1. The van der Waals surface area contributed by atoms with Gasteiger partial charge in [-0.2, -0.15) is 0 Å². The van der Waals surface area contributed by atoms with Gasteiger partial charge in [-0.25, -0.2) is 4.39 Å². The van der Waals surface area contributed by atoms with Gasteiger partial charge in [0.2, 0.25) is 0 Å². The molecule has 1 aliphatic rings. The van der Waals surface area contributed by atoms with E-state index >= 15 is 0 Å². The fourth-order valence-electron chi connectivity index (χ4n) is 2.74. The molecule has 1 saturated heterocycles. The van der Waals surface area contributed by atoms with Crippen LogP contribution in [0.5, 0.6) is 0 Å². The summed E-state index contributed by atoms with van der Waals surface area (Å²) in [5.41, 5.74) is 0.902. The normalized spacial score (nSPS) is 23.7. The Balaban J connectivity index is 2.15. The first kappa shape index (κ1) is 14.9. The smallest absolute Gasteiger partial charge is 0.160 e. The highest BCUT2D eigenvalue weighted by Crippen LogP contribution is 2.32. The molecule has 0 bridgehead atoms. The topological polar surface area (TPSA) is 15.3 Å². The van der Waals surface area contributed by atoms with Crippen molar-refractivity contribution in [2.75, 3.05) is 18.0 Å². The summed E-state index contributed by atoms with van der Waals surface area (Å²) in [5, 5.41) is 3.65. The summed E-state index contributed by atoms with van der Waals surface area (Å²) in [6.07, 6.45) is 2.14. The van der Waals surface area contributed by atoms with Gasteiger partial charge in [0.25, 0.3) is 0 Å². The van der Waals surface area contributed by atoms with Gasteiger partial charge in [-0.1, -0.05) is 30.1 Å². The van der Waals surface area contributed by atoms with E-state index < -0.39 is 5.82 Å². The molecule has 1 heterocycles. The number of benzene rings is 1. The standard InChI is InChI=1S/C14H19Cl2FN2/c1-3-18-10-4-5-19(9(2)6-10)11-7-12(15)14(17)13(16)8-11/h7-10,18H,3-6H2,1-2H3. The first-order valence-corrected chi connectivity index (χ1v) is 7.43. The van der Waals surface area contributed by atoms with E-state index in [0.717, 1.165) is 31.6 Å². The lowest BCUT2D eigenvalue weighted by molar-refractivity contribution is 0.374. The van der Waals surface area contributed by atoms with Crippen LogP contribution in [-0.2, 0) is 0 Å². The van der Waals surface area contributed by atoms with E-state index in [9.17, 15) is 4.39 Å². The van der Waals surface area contributed by atoms with Gasteiger partial charge in [0.05, 0.1) is 10.0 Å². The van der Waals surface area contributed by atoms with Gasteiger partial charge in [-0.15, -0.1) is 0 Å². The van der Waals surface area contributed by atoms with E-state index in [0.29, 0.717) is 12.1 Å². The summed E-state index contributed by atoms with van der Waals surface area (Å²) in [4.78, 5) is 2.24. The van der Waals surface area contributed by atoms with Crippen molar-refractivity contribution >= 4 is 28.9 Å². The maximum atomic E-state index is 13.4. The first-order chi connectivity index (χ1) is 9.02. The summed E-state index contributed by atoms with van der Waals surface area (Å²) in [6, 6.07) is 4.26. The van der Waals surface area contributed by atoms with E-state index in [-0.39, 0.29) is 10.0 Å². The van der Waals surface area contributed by atoms with Crippen LogP contribution in [0.4, 0.5) is 10.1 Å². The predicted molar refractivity (Wildman–Crippen MR) is 79.9 cm³/mol. The number of anilines is 1. The minimum absolute atomic E-state index is 0.0866. The molecule has 2 nitrogen and oxygen atoms in total. The molecule has 106 valence electrons. The molecule has 1 fully saturated rings. The summed E-state index contributed by atoms with van der Waals surface area (Å²) >= 11 is 11.7. The van der Waals surface area contributed by atoms with Crippen LogP contribution in [0.25, 0.3) is 0 Å². The molecule has 2 unspecified atom stereocenters. The van der Waals surface area contributed by atoms with Crippen LogP contribution >= 0.6 is 23.2 Å². The minimum atomic E-state index is -0.540. The molecule has 5 heteroatoms. The van der Waals surface area contributed by atoms with Crippen LogP contribution in [0, 0.1) is 5.82 Å². The maximum Gasteiger partial charge on any atom is 0.160 e. The molecule has 0 amide bonds. The van der Waals surface area contributed by atoms with Crippen LogP contribution in [0.15, 0.2) is 12.1 Å². The van der Waals surface area contributed by atoms with Crippen molar-refractivity contribution in [1.29, 1.82) is 0 Å². The third kappa shape index (κ3) is 3.33. The van der Waals surface area contributed by atoms with Crippen LogP contribution in [0.2, 0.25) is 10.0 Å². The van der Waals surface area contributed by atoms with E-state index in [1.54, 1.807) is 12.1 Å². The molecule has 2 atom stereocenters. The molecule has 0 radical (unpaired) electrons. The quantitative estimate of drug-likeness (QED) is 0.846. The number of hydrogen-bond acceptors (Lipinski definition) is 2. The lowest BCUT2D eigenvalue weighted by Gasteiger charge is -2.39. The van der Waals surface area contributed by atoms with E-state index in [1.165, 1.54) is 0 Å². The summed E-state index contributed by atoms with van der Waals surface area (Å²) in [7, 11) is 0. The van der Waals surface area contributed by atoms with Crippen LogP contribution < -0.4 is 10.2 Å². The van der Waals surface area contributed by atoms with E-state index in [2.05, 4.69) is 24.1 Å². The maximum absolute atomic E-state index is 13.4. The largest absolute Gasteiger partial charge is 0.369 e. The monoisotopic (exact) mass is 304 g/mol. The molecule has 1 aromatic rings. The zero-order chi connectivity index (χ0) is 14.0. The van der Waals surface area contributed by atoms with Gasteiger partial charge in [-0.05, 0) is 38.4 Å². The molecule has 1 aromatic carbocycles. The van der Waals surface area contributed by atoms with Gasteiger partial charge in [0.15, 0.2) is 5.82 Å². The summed E-state index contributed by atoms with van der Waals surface area (Å²) < 4.78 is 13.4. The highest BCUT2D eigenvalue weighted by atomic mass is 35.5. The predicted octanol–water partition coefficient (Wildman–Crippen LogP) is 4.10. The molecule has 1 N–H and O–H groups in total. The Morgan fingerprint density at radius 1 is 1.37 bits per heavy atom. The second kappa shape index (κ2) is 6.29. The average molecular weight is 305 g/mol.